The molecule has 0 saturated carbocycles. The Morgan fingerprint density at radius 2 is 1.90 bits per heavy atom. The molecule has 0 bridgehead atoms. The molecule has 1 aromatic heterocycles. The molecule has 0 spiro atoms. The minimum Gasteiger partial charge on any atom is -0.444 e. The number of benzene rings is 1. The Bertz CT molecular complexity index is 919. The number of hydrogen-bond donors (Lipinski definition) is 2. The summed E-state index contributed by atoms with van der Waals surface area (Å²) >= 11 is 0. The van der Waals surface area contributed by atoms with E-state index in [2.05, 4.69) is 20.9 Å². The Morgan fingerprint density at radius 1 is 1.21 bits per heavy atom. The maximum Gasteiger partial charge on any atom is 0.412 e. The molecule has 0 radical (unpaired) electrons. The average molecular weight is 406 g/mol. The number of nitrogens with zero attached hydrogens (tertiary/aromatic N) is 4. The molecule has 29 heavy (non-hydrogen) atoms. The summed E-state index contributed by atoms with van der Waals surface area (Å²) in [6.07, 6.45) is 0.494. The third-order valence-corrected chi connectivity index (χ3v) is 3.43. The lowest BCUT2D eigenvalue weighted by Gasteiger charge is -2.20. The van der Waals surface area contributed by atoms with Gasteiger partial charge in [0.15, 0.2) is 5.69 Å². The fraction of sp³-hybridized carbons (Fsp3) is 0.389. The Kier molecular flexibility index (Phi) is 6.52. The van der Waals surface area contributed by atoms with Gasteiger partial charge in [-0.25, -0.2) is 13.9 Å². The molecule has 0 unspecified atom stereocenters. The van der Waals surface area contributed by atoms with Crippen molar-refractivity contribution in [1.29, 1.82) is 0 Å². The van der Waals surface area contributed by atoms with Crippen LogP contribution >= 0.6 is 0 Å². The topological polar surface area (TPSA) is 118 Å². The summed E-state index contributed by atoms with van der Waals surface area (Å²) in [6, 6.07) is 3.67. The maximum absolute atomic E-state index is 14.0. The summed E-state index contributed by atoms with van der Waals surface area (Å²) in [6.45, 7) is 4.98. The zero-order chi connectivity index (χ0) is 21.8. The molecule has 11 heteroatoms. The summed E-state index contributed by atoms with van der Waals surface area (Å²) in [5.41, 5.74) is -0.701. The lowest BCUT2D eigenvalue weighted by molar-refractivity contribution is -0.129. The number of hydrogen-bond acceptors (Lipinski definition) is 6. The second-order valence-electron chi connectivity index (χ2n) is 7.37. The molecule has 156 valence electrons. The van der Waals surface area contributed by atoms with Crippen molar-refractivity contribution in [3.63, 3.8) is 0 Å². The number of aromatic nitrogens is 3. The van der Waals surface area contributed by atoms with Gasteiger partial charge >= 0.3 is 6.09 Å². The number of ether oxygens (including phenoxy) is 1. The highest BCUT2D eigenvalue weighted by Gasteiger charge is 2.18. The Labute approximate surface area is 167 Å². The van der Waals surface area contributed by atoms with Crippen molar-refractivity contribution in [3.05, 3.63) is 35.9 Å². The molecule has 0 fully saturated rings. The van der Waals surface area contributed by atoms with Crippen molar-refractivity contribution in [3.8, 4) is 0 Å². The van der Waals surface area contributed by atoms with Gasteiger partial charge in [-0.1, -0.05) is 5.21 Å². The molecule has 2 aromatic rings. The van der Waals surface area contributed by atoms with Crippen LogP contribution in [0.5, 0.6) is 0 Å². The van der Waals surface area contributed by atoms with Crippen molar-refractivity contribution < 1.29 is 23.5 Å². The summed E-state index contributed by atoms with van der Waals surface area (Å²) in [7, 11) is 3.20. The predicted octanol–water partition coefficient (Wildman–Crippen LogP) is 2.10. The molecule has 0 aliphatic carbocycles. The van der Waals surface area contributed by atoms with Crippen molar-refractivity contribution >= 4 is 29.3 Å². The Morgan fingerprint density at radius 3 is 2.52 bits per heavy atom. The second kappa shape index (κ2) is 8.67. The molecule has 10 nitrogen and oxygen atoms in total. The summed E-state index contributed by atoms with van der Waals surface area (Å²) in [4.78, 5) is 37.2. The van der Waals surface area contributed by atoms with E-state index in [1.807, 2.05) is 0 Å². The molecular formula is C18H23FN6O4. The monoisotopic (exact) mass is 406 g/mol. The normalized spacial score (nSPS) is 11.0. The summed E-state index contributed by atoms with van der Waals surface area (Å²) in [5, 5.41) is 12.3. The average Bonchev–Trinajstić information content (AvgIpc) is 3.04. The van der Waals surface area contributed by atoms with E-state index < -0.39 is 23.4 Å². The van der Waals surface area contributed by atoms with Gasteiger partial charge in [-0.05, 0) is 39.0 Å². The van der Waals surface area contributed by atoms with Gasteiger partial charge in [-0.2, -0.15) is 0 Å². The van der Waals surface area contributed by atoms with Crippen molar-refractivity contribution in [2.75, 3.05) is 24.7 Å². The van der Waals surface area contributed by atoms with Crippen LogP contribution in [0.15, 0.2) is 24.4 Å². The SMILES string of the molecule is CN(C)C(=O)Cn1cc(C(=O)Nc2ccc(F)c(NC(=O)OC(C)(C)C)c2)nn1. The molecule has 0 aliphatic heterocycles. The van der Waals surface area contributed by atoms with Crippen LogP contribution < -0.4 is 10.6 Å². The molecule has 0 aliphatic rings. The van der Waals surface area contributed by atoms with Crippen LogP contribution in [0.4, 0.5) is 20.6 Å². The second-order valence-corrected chi connectivity index (χ2v) is 7.37. The summed E-state index contributed by atoms with van der Waals surface area (Å²) in [5.74, 6) is -1.51. The smallest absolute Gasteiger partial charge is 0.412 e. The number of carbonyl (C=O) groups excluding carboxylic acids is 3. The third-order valence-electron chi connectivity index (χ3n) is 3.43. The number of amides is 3. The van der Waals surface area contributed by atoms with E-state index >= 15 is 0 Å². The van der Waals surface area contributed by atoms with Crippen LogP contribution in [0.3, 0.4) is 0 Å². The van der Waals surface area contributed by atoms with E-state index in [1.165, 1.54) is 27.9 Å². The standard InChI is InChI=1S/C18H23FN6O4/c1-18(2,3)29-17(28)21-13-8-11(6-7-12(13)19)20-16(27)14-9-25(23-22-14)10-15(26)24(4)5/h6-9H,10H2,1-5H3,(H,20,27)(H,21,28). The van der Waals surface area contributed by atoms with E-state index in [0.29, 0.717) is 0 Å². The fourth-order valence-electron chi connectivity index (χ4n) is 2.07. The first-order chi connectivity index (χ1) is 13.4. The van der Waals surface area contributed by atoms with Gasteiger partial charge in [0, 0.05) is 19.8 Å². The van der Waals surface area contributed by atoms with E-state index in [4.69, 9.17) is 4.74 Å². The van der Waals surface area contributed by atoms with Gasteiger partial charge in [-0.15, -0.1) is 5.10 Å². The molecule has 2 rings (SSSR count). The molecule has 0 saturated heterocycles. The first-order valence-electron chi connectivity index (χ1n) is 8.66. The number of rotatable bonds is 5. The Balaban J connectivity index is 2.06. The molecular weight excluding hydrogens is 383 g/mol. The lowest BCUT2D eigenvalue weighted by atomic mass is 10.2. The number of halogens is 1. The number of anilines is 2. The quantitative estimate of drug-likeness (QED) is 0.785. The van der Waals surface area contributed by atoms with Crippen molar-refractivity contribution in [1.82, 2.24) is 19.9 Å². The van der Waals surface area contributed by atoms with E-state index in [9.17, 15) is 18.8 Å². The van der Waals surface area contributed by atoms with Crippen LogP contribution in [0.1, 0.15) is 31.3 Å². The zero-order valence-corrected chi connectivity index (χ0v) is 16.8. The Hall–Kier alpha value is -3.50. The van der Waals surface area contributed by atoms with Gasteiger partial charge in [0.2, 0.25) is 5.91 Å². The zero-order valence-electron chi connectivity index (χ0n) is 16.8. The lowest BCUT2D eigenvalue weighted by Crippen LogP contribution is -2.27. The van der Waals surface area contributed by atoms with Crippen LogP contribution in [0.2, 0.25) is 0 Å². The molecule has 3 amide bonds. The number of likely N-dealkylation sites (N-methyl/N-ethyl adjacent to an activating group) is 1. The molecule has 1 aromatic carbocycles. The highest BCUT2D eigenvalue weighted by molar-refractivity contribution is 6.03. The van der Waals surface area contributed by atoms with Gasteiger partial charge < -0.3 is 15.0 Å². The highest BCUT2D eigenvalue weighted by Crippen LogP contribution is 2.21. The highest BCUT2D eigenvalue weighted by atomic mass is 19.1. The number of nitrogens with one attached hydrogen (secondary N) is 2. The van der Waals surface area contributed by atoms with Crippen molar-refractivity contribution in [2.24, 2.45) is 0 Å². The number of carbonyl (C=O) groups is 3. The molecule has 1 heterocycles. The van der Waals surface area contributed by atoms with Crippen LogP contribution in [0, 0.1) is 5.82 Å². The van der Waals surface area contributed by atoms with E-state index in [-0.39, 0.29) is 29.5 Å². The van der Waals surface area contributed by atoms with Gasteiger partial charge in [0.05, 0.1) is 11.9 Å². The molecule has 0 atom stereocenters. The minimum atomic E-state index is -0.826. The first kappa shape index (κ1) is 21.8. The van der Waals surface area contributed by atoms with Crippen molar-refractivity contribution in [2.45, 2.75) is 32.9 Å². The minimum absolute atomic E-state index is 0.0254. The maximum atomic E-state index is 14.0. The van der Waals surface area contributed by atoms with Crippen LogP contribution in [-0.2, 0) is 16.1 Å². The fourth-order valence-corrected chi connectivity index (χ4v) is 2.07. The van der Waals surface area contributed by atoms with E-state index in [0.717, 1.165) is 6.07 Å². The molecule has 2 N–H and O–H groups in total. The van der Waals surface area contributed by atoms with Gasteiger partial charge in [0.25, 0.3) is 5.91 Å². The third kappa shape index (κ3) is 6.55. The van der Waals surface area contributed by atoms with E-state index in [1.54, 1.807) is 34.9 Å². The van der Waals surface area contributed by atoms with Gasteiger partial charge in [0.1, 0.15) is 18.0 Å². The largest absolute Gasteiger partial charge is 0.444 e. The van der Waals surface area contributed by atoms with Crippen LogP contribution in [-0.4, -0.2) is 57.5 Å². The first-order valence-corrected chi connectivity index (χ1v) is 8.66. The van der Waals surface area contributed by atoms with Crippen LogP contribution in [0.25, 0.3) is 0 Å². The summed E-state index contributed by atoms with van der Waals surface area (Å²) < 4.78 is 20.3. The van der Waals surface area contributed by atoms with Gasteiger partial charge in [-0.3, -0.25) is 14.9 Å². The predicted molar refractivity (Wildman–Crippen MR) is 103 cm³/mol.